The molecule has 3 rings (SSSR count). The molecule has 1 aliphatic carbocycles. The summed E-state index contributed by atoms with van der Waals surface area (Å²) in [5.74, 6) is -12.9. The molecule has 24 heavy (non-hydrogen) atoms. The van der Waals surface area contributed by atoms with Crippen LogP contribution in [0.2, 0.25) is 0 Å². The van der Waals surface area contributed by atoms with Gasteiger partial charge < -0.3 is 5.73 Å². The van der Waals surface area contributed by atoms with Gasteiger partial charge in [0.2, 0.25) is 5.82 Å². The van der Waals surface area contributed by atoms with Crippen molar-refractivity contribution in [3.05, 3.63) is 70.0 Å². The Morgan fingerprint density at radius 3 is 1.50 bits per heavy atom. The Bertz CT molecular complexity index is 722. The van der Waals surface area contributed by atoms with E-state index in [0.29, 0.717) is 0 Å². The summed E-state index contributed by atoms with van der Waals surface area (Å²) in [4.78, 5) is 10.3. The number of carbonyl (C=O) groups excluding carboxylic acids is 1. The fraction of sp³-hybridized carbons (Fsp3) is 0.235. The summed E-state index contributed by atoms with van der Waals surface area (Å²) in [5.41, 5.74) is 5.95. The third-order valence-electron chi connectivity index (χ3n) is 3.72. The standard InChI is InChI=1S/C10H12.C7H2F5NO/c1-2-6-10-8-4-3-7-9(10)5-1;8-2-1(7(13)14)3(9)5(11)6(12)4(2)10/h1-2,5-6H,3-4,7-8H2;(H2,13,14). The maximum Gasteiger partial charge on any atom is 0.254 e. The zero-order chi connectivity index (χ0) is 17.9. The van der Waals surface area contributed by atoms with Crippen LogP contribution in [0.1, 0.15) is 34.3 Å². The van der Waals surface area contributed by atoms with E-state index in [1.54, 1.807) is 11.1 Å². The number of fused-ring (bicyclic) bond motifs is 1. The number of aryl methyl sites for hydroxylation is 2. The molecule has 1 amide bonds. The highest BCUT2D eigenvalue weighted by Crippen LogP contribution is 2.22. The number of rotatable bonds is 1. The van der Waals surface area contributed by atoms with Crippen LogP contribution < -0.4 is 5.73 Å². The lowest BCUT2D eigenvalue weighted by Gasteiger charge is -2.13. The molecule has 0 fully saturated rings. The van der Waals surface area contributed by atoms with Crippen LogP contribution >= 0.6 is 0 Å². The minimum atomic E-state index is -2.33. The van der Waals surface area contributed by atoms with Crippen LogP contribution in [0.3, 0.4) is 0 Å². The summed E-state index contributed by atoms with van der Waals surface area (Å²) in [6.45, 7) is 0. The maximum atomic E-state index is 12.6. The second-order valence-corrected chi connectivity index (χ2v) is 5.28. The molecule has 1 aliphatic rings. The van der Waals surface area contributed by atoms with Crippen LogP contribution in [0.4, 0.5) is 22.0 Å². The van der Waals surface area contributed by atoms with Gasteiger partial charge >= 0.3 is 0 Å². The van der Waals surface area contributed by atoms with Crippen molar-refractivity contribution in [1.82, 2.24) is 0 Å². The van der Waals surface area contributed by atoms with Crippen molar-refractivity contribution in [2.45, 2.75) is 25.7 Å². The summed E-state index contributed by atoms with van der Waals surface area (Å²) in [6.07, 6.45) is 5.38. The fourth-order valence-electron chi connectivity index (χ4n) is 2.50. The van der Waals surface area contributed by atoms with Crippen molar-refractivity contribution >= 4 is 5.91 Å². The molecule has 0 unspecified atom stereocenters. The van der Waals surface area contributed by atoms with Gasteiger partial charge in [0.15, 0.2) is 23.3 Å². The lowest BCUT2D eigenvalue weighted by molar-refractivity contribution is 0.0989. The average molecular weight is 343 g/mol. The second kappa shape index (κ2) is 7.42. The molecule has 0 atom stereocenters. The van der Waals surface area contributed by atoms with E-state index in [-0.39, 0.29) is 0 Å². The number of hydrogen-bond donors (Lipinski definition) is 1. The molecule has 128 valence electrons. The van der Waals surface area contributed by atoms with Crippen molar-refractivity contribution in [3.63, 3.8) is 0 Å². The molecule has 2 aromatic carbocycles. The summed E-state index contributed by atoms with van der Waals surface area (Å²) in [7, 11) is 0. The normalized spacial score (nSPS) is 12.9. The quantitative estimate of drug-likeness (QED) is 0.474. The maximum absolute atomic E-state index is 12.6. The Balaban J connectivity index is 0.000000182. The molecule has 2 nitrogen and oxygen atoms in total. The van der Waals surface area contributed by atoms with Crippen molar-refractivity contribution in [2.75, 3.05) is 0 Å². The average Bonchev–Trinajstić information content (AvgIpc) is 2.59. The molecule has 0 saturated heterocycles. The first kappa shape index (κ1) is 17.9. The lowest BCUT2D eigenvalue weighted by atomic mass is 9.92. The molecule has 2 N–H and O–H groups in total. The molecule has 0 heterocycles. The van der Waals surface area contributed by atoms with E-state index >= 15 is 0 Å². The predicted octanol–water partition coefficient (Wildman–Crippen LogP) is 4.05. The predicted molar refractivity (Wildman–Crippen MR) is 77.8 cm³/mol. The minimum absolute atomic E-state index is 1.30. The van der Waals surface area contributed by atoms with E-state index in [1.807, 2.05) is 0 Å². The van der Waals surface area contributed by atoms with Crippen LogP contribution in [0.25, 0.3) is 0 Å². The van der Waals surface area contributed by atoms with Crippen molar-refractivity contribution < 1.29 is 26.7 Å². The van der Waals surface area contributed by atoms with E-state index in [2.05, 4.69) is 30.0 Å². The zero-order valence-electron chi connectivity index (χ0n) is 12.5. The van der Waals surface area contributed by atoms with Gasteiger partial charge in [0.25, 0.3) is 5.91 Å². The van der Waals surface area contributed by atoms with E-state index in [9.17, 15) is 26.7 Å². The Morgan fingerprint density at radius 1 is 0.750 bits per heavy atom. The van der Waals surface area contributed by atoms with Crippen molar-refractivity contribution in [1.29, 1.82) is 0 Å². The smallest absolute Gasteiger partial charge is 0.254 e. The second-order valence-electron chi connectivity index (χ2n) is 5.28. The van der Waals surface area contributed by atoms with Gasteiger partial charge in [-0.2, -0.15) is 0 Å². The molecule has 0 aliphatic heterocycles. The zero-order valence-corrected chi connectivity index (χ0v) is 12.5. The third kappa shape index (κ3) is 3.55. The van der Waals surface area contributed by atoms with Crippen LogP contribution in [-0.2, 0) is 12.8 Å². The number of primary amides is 1. The van der Waals surface area contributed by atoms with Crippen LogP contribution in [-0.4, -0.2) is 5.91 Å². The van der Waals surface area contributed by atoms with Gasteiger partial charge in [0.1, 0.15) is 5.56 Å². The van der Waals surface area contributed by atoms with Gasteiger partial charge in [-0.05, 0) is 36.8 Å². The first-order chi connectivity index (χ1) is 11.3. The SMILES string of the molecule is NC(=O)c1c(F)c(F)c(F)c(F)c1F.c1ccc2c(c1)CCCC2. The highest BCUT2D eigenvalue weighted by atomic mass is 19.2. The van der Waals surface area contributed by atoms with Crippen molar-refractivity contribution in [2.24, 2.45) is 5.73 Å². The molecule has 0 saturated carbocycles. The summed E-state index contributed by atoms with van der Waals surface area (Å²) in [5, 5.41) is 0. The Kier molecular flexibility index (Phi) is 5.54. The van der Waals surface area contributed by atoms with Gasteiger partial charge in [-0.1, -0.05) is 24.3 Å². The molecule has 0 bridgehead atoms. The first-order valence-electron chi connectivity index (χ1n) is 7.22. The topological polar surface area (TPSA) is 43.1 Å². The Hall–Kier alpha value is -2.44. The number of hydrogen-bond acceptors (Lipinski definition) is 1. The molecular weight excluding hydrogens is 329 g/mol. The van der Waals surface area contributed by atoms with Crippen LogP contribution in [0, 0.1) is 29.1 Å². The fourth-order valence-corrected chi connectivity index (χ4v) is 2.50. The number of benzene rings is 2. The van der Waals surface area contributed by atoms with Gasteiger partial charge in [-0.25, -0.2) is 22.0 Å². The van der Waals surface area contributed by atoms with Gasteiger partial charge in [-0.3, -0.25) is 4.79 Å². The van der Waals surface area contributed by atoms with E-state index in [0.717, 1.165) is 0 Å². The summed E-state index contributed by atoms with van der Waals surface area (Å²) in [6, 6.07) is 8.80. The number of carbonyl (C=O) groups is 1. The van der Waals surface area contributed by atoms with Gasteiger partial charge in [-0.15, -0.1) is 0 Å². The highest BCUT2D eigenvalue weighted by molar-refractivity contribution is 5.93. The van der Waals surface area contributed by atoms with Gasteiger partial charge in [0.05, 0.1) is 0 Å². The third-order valence-corrected chi connectivity index (χ3v) is 3.72. The number of amides is 1. The highest BCUT2D eigenvalue weighted by Gasteiger charge is 2.28. The summed E-state index contributed by atoms with van der Waals surface area (Å²) >= 11 is 0. The van der Waals surface area contributed by atoms with E-state index in [1.165, 1.54) is 25.7 Å². The van der Waals surface area contributed by atoms with Crippen molar-refractivity contribution in [3.8, 4) is 0 Å². The largest absolute Gasteiger partial charge is 0.365 e. The Morgan fingerprint density at radius 2 is 1.12 bits per heavy atom. The molecule has 0 spiro atoms. The van der Waals surface area contributed by atoms with E-state index in [4.69, 9.17) is 0 Å². The number of nitrogens with two attached hydrogens (primary N) is 1. The molecule has 2 aromatic rings. The molecular formula is C17H14F5NO. The van der Waals surface area contributed by atoms with Crippen LogP contribution in [0.5, 0.6) is 0 Å². The van der Waals surface area contributed by atoms with Gasteiger partial charge in [0, 0.05) is 0 Å². The molecule has 0 aromatic heterocycles. The Labute approximate surface area is 135 Å². The minimum Gasteiger partial charge on any atom is -0.365 e. The van der Waals surface area contributed by atoms with E-state index < -0.39 is 40.6 Å². The summed E-state index contributed by atoms with van der Waals surface area (Å²) < 4.78 is 62.4. The monoisotopic (exact) mass is 343 g/mol. The lowest BCUT2D eigenvalue weighted by Crippen LogP contribution is -2.19. The molecule has 7 heteroatoms. The first-order valence-corrected chi connectivity index (χ1v) is 7.22. The van der Waals surface area contributed by atoms with Crippen LogP contribution in [0.15, 0.2) is 24.3 Å². The molecule has 0 radical (unpaired) electrons. The number of halogens is 5.